The van der Waals surface area contributed by atoms with Gasteiger partial charge in [0.25, 0.3) is 0 Å². The minimum Gasteiger partial charge on any atom is -0.493 e. The summed E-state index contributed by atoms with van der Waals surface area (Å²) in [5.74, 6) is 2.30. The number of aliphatic hydroxyl groups is 1. The zero-order valence-electron chi connectivity index (χ0n) is 16.9. The van der Waals surface area contributed by atoms with Gasteiger partial charge in [0, 0.05) is 0 Å². The molecule has 0 amide bonds. The number of ether oxygens (including phenoxy) is 3. The van der Waals surface area contributed by atoms with Crippen molar-refractivity contribution >= 4 is 0 Å². The van der Waals surface area contributed by atoms with E-state index in [1.807, 2.05) is 25.1 Å². The highest BCUT2D eigenvalue weighted by molar-refractivity contribution is 5.54. The molecule has 2 aromatic rings. The standard InChI is InChI=1S/C23H32O4/c1-17(24)13-14-19(12-8-11-18-9-6-5-7-10-18)20-15-21(25-2)23(27-4)22(16-20)26-3/h5-7,9-10,15-17,19,24H,8,11-14H2,1-4H3. The molecule has 0 aliphatic rings. The first kappa shape index (κ1) is 21.1. The van der Waals surface area contributed by atoms with Crippen LogP contribution in [-0.4, -0.2) is 32.5 Å². The van der Waals surface area contributed by atoms with Crippen LogP contribution in [0.3, 0.4) is 0 Å². The van der Waals surface area contributed by atoms with Crippen molar-refractivity contribution in [2.75, 3.05) is 21.3 Å². The Hall–Kier alpha value is -2.20. The number of aryl methyl sites for hydroxylation is 1. The third-order valence-electron chi connectivity index (χ3n) is 4.95. The quantitative estimate of drug-likeness (QED) is 0.604. The molecule has 0 saturated carbocycles. The van der Waals surface area contributed by atoms with E-state index in [1.54, 1.807) is 21.3 Å². The second-order valence-corrected chi connectivity index (χ2v) is 6.96. The summed E-state index contributed by atoms with van der Waals surface area (Å²) in [6, 6.07) is 14.6. The van der Waals surface area contributed by atoms with Crippen LogP contribution in [0.1, 0.15) is 49.7 Å². The van der Waals surface area contributed by atoms with Gasteiger partial charge in [-0.05, 0) is 68.2 Å². The maximum Gasteiger partial charge on any atom is 0.203 e. The lowest BCUT2D eigenvalue weighted by Crippen LogP contribution is -2.07. The summed E-state index contributed by atoms with van der Waals surface area (Å²) in [6.07, 6.45) is 4.57. The molecule has 0 radical (unpaired) electrons. The number of methoxy groups -OCH3 is 3. The van der Waals surface area contributed by atoms with Crippen molar-refractivity contribution in [3.8, 4) is 17.2 Å². The van der Waals surface area contributed by atoms with Crippen LogP contribution in [0.5, 0.6) is 17.2 Å². The van der Waals surface area contributed by atoms with Crippen LogP contribution < -0.4 is 14.2 Å². The normalized spacial score (nSPS) is 13.1. The van der Waals surface area contributed by atoms with Crippen LogP contribution in [-0.2, 0) is 6.42 Å². The Labute approximate surface area is 163 Å². The van der Waals surface area contributed by atoms with Gasteiger partial charge in [-0.25, -0.2) is 0 Å². The van der Waals surface area contributed by atoms with Crippen molar-refractivity contribution in [1.82, 2.24) is 0 Å². The maximum absolute atomic E-state index is 9.77. The van der Waals surface area contributed by atoms with Crippen LogP contribution in [0.25, 0.3) is 0 Å². The molecule has 2 atom stereocenters. The minimum atomic E-state index is -0.302. The fourth-order valence-electron chi connectivity index (χ4n) is 3.45. The summed E-state index contributed by atoms with van der Waals surface area (Å²) in [5.41, 5.74) is 2.52. The SMILES string of the molecule is COc1cc(C(CCCc2ccccc2)CCC(C)O)cc(OC)c1OC. The largest absolute Gasteiger partial charge is 0.493 e. The van der Waals surface area contributed by atoms with Crippen molar-refractivity contribution in [2.45, 2.75) is 51.0 Å². The smallest absolute Gasteiger partial charge is 0.203 e. The van der Waals surface area contributed by atoms with Crippen molar-refractivity contribution in [1.29, 1.82) is 0 Å². The molecule has 4 nitrogen and oxygen atoms in total. The van der Waals surface area contributed by atoms with E-state index in [1.165, 1.54) is 11.1 Å². The van der Waals surface area contributed by atoms with Crippen LogP contribution in [0.4, 0.5) is 0 Å². The summed E-state index contributed by atoms with van der Waals surface area (Å²) in [7, 11) is 4.90. The van der Waals surface area contributed by atoms with Gasteiger partial charge in [0.15, 0.2) is 11.5 Å². The predicted octanol–water partition coefficient (Wildman–Crippen LogP) is 4.98. The Balaban J connectivity index is 2.19. The highest BCUT2D eigenvalue weighted by Crippen LogP contribution is 2.42. The summed E-state index contributed by atoms with van der Waals surface area (Å²) >= 11 is 0. The summed E-state index contributed by atoms with van der Waals surface area (Å²) < 4.78 is 16.5. The second-order valence-electron chi connectivity index (χ2n) is 6.96. The lowest BCUT2D eigenvalue weighted by Gasteiger charge is -2.21. The Morgan fingerprint density at radius 1 is 0.852 bits per heavy atom. The van der Waals surface area contributed by atoms with Crippen LogP contribution in [0.15, 0.2) is 42.5 Å². The highest BCUT2D eigenvalue weighted by Gasteiger charge is 2.19. The average Bonchev–Trinajstić information content (AvgIpc) is 2.69. The van der Waals surface area contributed by atoms with E-state index in [9.17, 15) is 5.11 Å². The van der Waals surface area contributed by atoms with Gasteiger partial charge in [0.2, 0.25) is 5.75 Å². The molecule has 2 rings (SSSR count). The van der Waals surface area contributed by atoms with Gasteiger partial charge in [-0.1, -0.05) is 30.3 Å². The van der Waals surface area contributed by atoms with Gasteiger partial charge < -0.3 is 19.3 Å². The van der Waals surface area contributed by atoms with E-state index < -0.39 is 0 Å². The zero-order valence-corrected chi connectivity index (χ0v) is 16.9. The first-order chi connectivity index (χ1) is 13.1. The molecule has 2 unspecified atom stereocenters. The molecule has 0 saturated heterocycles. The van der Waals surface area contributed by atoms with Crippen LogP contribution in [0, 0.1) is 0 Å². The molecule has 0 heterocycles. The molecule has 0 aromatic heterocycles. The third kappa shape index (κ3) is 6.17. The number of benzene rings is 2. The molecule has 0 fully saturated rings. The van der Waals surface area contributed by atoms with Crippen molar-refractivity contribution in [2.24, 2.45) is 0 Å². The first-order valence-corrected chi connectivity index (χ1v) is 9.61. The van der Waals surface area contributed by atoms with Gasteiger partial charge >= 0.3 is 0 Å². The van der Waals surface area contributed by atoms with Crippen LogP contribution in [0.2, 0.25) is 0 Å². The molecule has 0 bridgehead atoms. The molecule has 2 aromatic carbocycles. The van der Waals surface area contributed by atoms with E-state index in [0.29, 0.717) is 23.2 Å². The van der Waals surface area contributed by atoms with Crippen molar-refractivity contribution in [3.05, 3.63) is 53.6 Å². The zero-order chi connectivity index (χ0) is 19.6. The average molecular weight is 373 g/mol. The molecule has 0 aliphatic carbocycles. The van der Waals surface area contributed by atoms with E-state index in [4.69, 9.17) is 14.2 Å². The Bertz CT molecular complexity index is 657. The lowest BCUT2D eigenvalue weighted by molar-refractivity contribution is 0.177. The molecule has 148 valence electrons. The van der Waals surface area contributed by atoms with E-state index in [2.05, 4.69) is 24.3 Å². The molecule has 27 heavy (non-hydrogen) atoms. The van der Waals surface area contributed by atoms with Gasteiger partial charge in [-0.3, -0.25) is 0 Å². The summed E-state index contributed by atoms with van der Waals surface area (Å²) in [4.78, 5) is 0. The number of hydrogen-bond donors (Lipinski definition) is 1. The molecule has 0 aliphatic heterocycles. The lowest BCUT2D eigenvalue weighted by atomic mass is 9.87. The van der Waals surface area contributed by atoms with Gasteiger partial charge in [-0.15, -0.1) is 0 Å². The highest BCUT2D eigenvalue weighted by atomic mass is 16.5. The second kappa shape index (κ2) is 10.8. The van der Waals surface area contributed by atoms with Gasteiger partial charge in [0.05, 0.1) is 27.4 Å². The molecule has 1 N–H and O–H groups in total. The summed E-state index contributed by atoms with van der Waals surface area (Å²) in [6.45, 7) is 1.84. The Kier molecular flexibility index (Phi) is 8.46. The fourth-order valence-corrected chi connectivity index (χ4v) is 3.45. The third-order valence-corrected chi connectivity index (χ3v) is 4.95. The van der Waals surface area contributed by atoms with Gasteiger partial charge in [0.1, 0.15) is 0 Å². The fraction of sp³-hybridized carbons (Fsp3) is 0.478. The number of hydrogen-bond acceptors (Lipinski definition) is 4. The maximum atomic E-state index is 9.77. The van der Waals surface area contributed by atoms with E-state index in [0.717, 1.165) is 32.1 Å². The van der Waals surface area contributed by atoms with Crippen molar-refractivity contribution in [3.63, 3.8) is 0 Å². The summed E-state index contributed by atoms with van der Waals surface area (Å²) in [5, 5.41) is 9.77. The molecular weight excluding hydrogens is 340 g/mol. The number of rotatable bonds is 11. The van der Waals surface area contributed by atoms with E-state index in [-0.39, 0.29) is 6.10 Å². The van der Waals surface area contributed by atoms with E-state index >= 15 is 0 Å². The first-order valence-electron chi connectivity index (χ1n) is 9.61. The topological polar surface area (TPSA) is 47.9 Å². The molecule has 0 spiro atoms. The molecular formula is C23H32O4. The number of aliphatic hydroxyl groups excluding tert-OH is 1. The minimum absolute atomic E-state index is 0.302. The van der Waals surface area contributed by atoms with Crippen molar-refractivity contribution < 1.29 is 19.3 Å². The predicted molar refractivity (Wildman–Crippen MR) is 109 cm³/mol. The Morgan fingerprint density at radius 3 is 2.00 bits per heavy atom. The monoisotopic (exact) mass is 372 g/mol. The van der Waals surface area contributed by atoms with Gasteiger partial charge in [-0.2, -0.15) is 0 Å². The molecule has 4 heteroatoms. The van der Waals surface area contributed by atoms with Crippen LogP contribution >= 0.6 is 0 Å². The Morgan fingerprint density at radius 2 is 1.48 bits per heavy atom.